The van der Waals surface area contributed by atoms with Crippen LogP contribution in [0.1, 0.15) is 31.0 Å². The van der Waals surface area contributed by atoms with Gasteiger partial charge in [-0.05, 0) is 38.2 Å². The van der Waals surface area contributed by atoms with Crippen molar-refractivity contribution in [3.05, 3.63) is 11.3 Å². The van der Waals surface area contributed by atoms with E-state index in [4.69, 9.17) is 10.00 Å². The lowest BCUT2D eigenvalue weighted by molar-refractivity contribution is 0.0997. The van der Waals surface area contributed by atoms with Crippen molar-refractivity contribution in [1.29, 1.82) is 5.26 Å². The van der Waals surface area contributed by atoms with Gasteiger partial charge in [-0.15, -0.1) is 0 Å². The minimum Gasteiger partial charge on any atom is -0.376 e. The zero-order valence-electron chi connectivity index (χ0n) is 9.49. The number of rotatable bonds is 3. The zero-order chi connectivity index (χ0) is 11.5. The lowest BCUT2D eigenvalue weighted by Gasteiger charge is -2.19. The second kappa shape index (κ2) is 4.81. The van der Waals surface area contributed by atoms with Crippen molar-refractivity contribution in [3.63, 3.8) is 0 Å². The van der Waals surface area contributed by atoms with Crippen molar-refractivity contribution < 1.29 is 4.74 Å². The second-order valence-corrected chi connectivity index (χ2v) is 4.84. The molecule has 1 aliphatic rings. The van der Waals surface area contributed by atoms with Crippen LogP contribution in [-0.4, -0.2) is 23.1 Å². The van der Waals surface area contributed by atoms with Gasteiger partial charge in [0.1, 0.15) is 16.6 Å². The molecular weight excluding hydrogens is 222 g/mol. The van der Waals surface area contributed by atoms with Crippen molar-refractivity contribution in [2.45, 2.75) is 38.8 Å². The van der Waals surface area contributed by atoms with E-state index in [9.17, 15) is 0 Å². The highest BCUT2D eigenvalue weighted by Gasteiger charge is 2.23. The lowest BCUT2D eigenvalue weighted by atomic mass is 10.1. The molecule has 1 N–H and O–H groups in total. The minimum atomic E-state index is 0.231. The fourth-order valence-corrected chi connectivity index (χ4v) is 2.74. The van der Waals surface area contributed by atoms with Crippen LogP contribution in [0.15, 0.2) is 0 Å². The summed E-state index contributed by atoms with van der Waals surface area (Å²) >= 11 is 1.35. The fourth-order valence-electron chi connectivity index (χ4n) is 1.90. The van der Waals surface area contributed by atoms with E-state index < -0.39 is 0 Å². The van der Waals surface area contributed by atoms with Crippen molar-refractivity contribution in [3.8, 4) is 6.07 Å². The van der Waals surface area contributed by atoms with Crippen LogP contribution in [0.2, 0.25) is 0 Å². The van der Waals surface area contributed by atoms with Gasteiger partial charge in [0, 0.05) is 6.61 Å². The number of anilines is 1. The molecule has 2 rings (SSSR count). The third-order valence-electron chi connectivity index (χ3n) is 2.86. The van der Waals surface area contributed by atoms with Crippen molar-refractivity contribution in [2.75, 3.05) is 11.9 Å². The Kier molecular flexibility index (Phi) is 3.42. The third-order valence-corrected chi connectivity index (χ3v) is 3.73. The molecule has 0 amide bonds. The first-order valence-electron chi connectivity index (χ1n) is 5.47. The summed E-state index contributed by atoms with van der Waals surface area (Å²) in [5.74, 6) is 0. The summed E-state index contributed by atoms with van der Waals surface area (Å²) in [4.78, 5) is 0. The van der Waals surface area contributed by atoms with Gasteiger partial charge in [-0.1, -0.05) is 0 Å². The van der Waals surface area contributed by atoms with Crippen LogP contribution >= 0.6 is 11.5 Å². The van der Waals surface area contributed by atoms with Gasteiger partial charge in [-0.2, -0.15) is 9.64 Å². The molecule has 1 saturated heterocycles. The van der Waals surface area contributed by atoms with Gasteiger partial charge < -0.3 is 10.1 Å². The van der Waals surface area contributed by atoms with Gasteiger partial charge in [0.15, 0.2) is 0 Å². The Labute approximate surface area is 99.4 Å². The zero-order valence-corrected chi connectivity index (χ0v) is 10.3. The van der Waals surface area contributed by atoms with E-state index in [2.05, 4.69) is 22.7 Å². The maximum Gasteiger partial charge on any atom is 0.128 e. The third kappa shape index (κ3) is 2.18. The summed E-state index contributed by atoms with van der Waals surface area (Å²) in [7, 11) is 0. The standard InChI is InChI=1S/C11H15N3OS/c1-7-9(6-12)11(16-14-7)13-8(2)10-4-3-5-15-10/h8,10,13H,3-5H2,1-2H3. The number of nitrogens with one attached hydrogen (secondary N) is 1. The monoisotopic (exact) mass is 237 g/mol. The average molecular weight is 237 g/mol. The molecule has 0 saturated carbocycles. The second-order valence-electron chi connectivity index (χ2n) is 4.07. The Morgan fingerprint density at radius 3 is 3.12 bits per heavy atom. The normalized spacial score (nSPS) is 21.7. The predicted octanol–water partition coefficient (Wildman–Crippen LogP) is 2.30. The van der Waals surface area contributed by atoms with E-state index in [0.717, 1.165) is 30.1 Å². The van der Waals surface area contributed by atoms with E-state index in [1.165, 1.54) is 11.5 Å². The number of hydrogen-bond donors (Lipinski definition) is 1. The van der Waals surface area contributed by atoms with Crippen LogP contribution in [0.3, 0.4) is 0 Å². The summed E-state index contributed by atoms with van der Waals surface area (Å²) < 4.78 is 9.79. The maximum absolute atomic E-state index is 9.01. The van der Waals surface area contributed by atoms with Crippen molar-refractivity contribution in [1.82, 2.24) is 4.37 Å². The average Bonchev–Trinajstić information content (AvgIpc) is 2.88. The topological polar surface area (TPSA) is 57.9 Å². The molecule has 0 aromatic carbocycles. The molecule has 1 aliphatic heterocycles. The fraction of sp³-hybridized carbons (Fsp3) is 0.636. The molecular formula is C11H15N3OS. The summed E-state index contributed by atoms with van der Waals surface area (Å²) in [5.41, 5.74) is 1.46. The van der Waals surface area contributed by atoms with Crippen LogP contribution in [-0.2, 0) is 4.74 Å². The lowest BCUT2D eigenvalue weighted by Crippen LogP contribution is -2.29. The number of nitriles is 1. The molecule has 2 atom stereocenters. The maximum atomic E-state index is 9.01. The van der Waals surface area contributed by atoms with Crippen LogP contribution in [0.5, 0.6) is 0 Å². The Hall–Kier alpha value is -1.12. The van der Waals surface area contributed by atoms with Gasteiger partial charge in [-0.25, -0.2) is 0 Å². The number of ether oxygens (including phenoxy) is 1. The first-order valence-corrected chi connectivity index (χ1v) is 6.24. The Morgan fingerprint density at radius 1 is 1.69 bits per heavy atom. The quantitative estimate of drug-likeness (QED) is 0.876. The highest BCUT2D eigenvalue weighted by molar-refractivity contribution is 7.10. The summed E-state index contributed by atoms with van der Waals surface area (Å²) in [6, 6.07) is 2.42. The highest BCUT2D eigenvalue weighted by Crippen LogP contribution is 2.26. The molecule has 16 heavy (non-hydrogen) atoms. The van der Waals surface area contributed by atoms with Gasteiger partial charge in [0.2, 0.25) is 0 Å². The van der Waals surface area contributed by atoms with E-state index in [-0.39, 0.29) is 12.1 Å². The van der Waals surface area contributed by atoms with Crippen LogP contribution in [0.4, 0.5) is 5.00 Å². The smallest absolute Gasteiger partial charge is 0.128 e. The Morgan fingerprint density at radius 2 is 2.50 bits per heavy atom. The molecule has 0 spiro atoms. The van der Waals surface area contributed by atoms with E-state index in [0.29, 0.717) is 5.56 Å². The minimum absolute atomic E-state index is 0.231. The Balaban J connectivity index is 2.05. The van der Waals surface area contributed by atoms with E-state index in [1.807, 2.05) is 6.92 Å². The number of nitrogens with zero attached hydrogens (tertiary/aromatic N) is 2. The van der Waals surface area contributed by atoms with Gasteiger partial charge >= 0.3 is 0 Å². The summed E-state index contributed by atoms with van der Waals surface area (Å²) in [5, 5.41) is 13.2. The summed E-state index contributed by atoms with van der Waals surface area (Å²) in [6.45, 7) is 4.80. The molecule has 1 fully saturated rings. The number of aromatic nitrogens is 1. The molecule has 1 aromatic heterocycles. The van der Waals surface area contributed by atoms with Crippen LogP contribution in [0, 0.1) is 18.3 Å². The molecule has 2 unspecified atom stereocenters. The molecule has 0 bridgehead atoms. The molecule has 86 valence electrons. The first kappa shape index (κ1) is 11.4. The summed E-state index contributed by atoms with van der Waals surface area (Å²) in [6.07, 6.45) is 2.48. The van der Waals surface area contributed by atoms with Crippen molar-refractivity contribution >= 4 is 16.5 Å². The SMILES string of the molecule is Cc1nsc(NC(C)C2CCCO2)c1C#N. The molecule has 2 heterocycles. The van der Waals surface area contributed by atoms with Crippen LogP contribution in [0.25, 0.3) is 0 Å². The molecule has 0 radical (unpaired) electrons. The van der Waals surface area contributed by atoms with Gasteiger partial charge in [0.05, 0.1) is 17.8 Å². The molecule has 4 nitrogen and oxygen atoms in total. The molecule has 5 heteroatoms. The van der Waals surface area contributed by atoms with E-state index in [1.54, 1.807) is 0 Å². The van der Waals surface area contributed by atoms with Gasteiger partial charge in [0.25, 0.3) is 0 Å². The Bertz CT molecular complexity index is 404. The molecule has 1 aromatic rings. The van der Waals surface area contributed by atoms with Crippen molar-refractivity contribution in [2.24, 2.45) is 0 Å². The molecule has 0 aliphatic carbocycles. The first-order chi connectivity index (χ1) is 7.72. The number of hydrogen-bond acceptors (Lipinski definition) is 5. The largest absolute Gasteiger partial charge is 0.376 e. The van der Waals surface area contributed by atoms with E-state index >= 15 is 0 Å². The number of aryl methyl sites for hydroxylation is 1. The highest BCUT2D eigenvalue weighted by atomic mass is 32.1. The van der Waals surface area contributed by atoms with Gasteiger partial charge in [-0.3, -0.25) is 0 Å². The predicted molar refractivity (Wildman–Crippen MR) is 63.6 cm³/mol. The van der Waals surface area contributed by atoms with Crippen LogP contribution < -0.4 is 5.32 Å².